The van der Waals surface area contributed by atoms with Crippen LogP contribution in [-0.2, 0) is 6.42 Å². The molecule has 0 fully saturated rings. The highest BCUT2D eigenvalue weighted by atomic mass is 14.7. The minimum atomic E-state index is 0.121. The van der Waals surface area contributed by atoms with Crippen molar-refractivity contribution in [1.29, 1.82) is 5.41 Å². The number of amidine groups is 1. The van der Waals surface area contributed by atoms with Gasteiger partial charge in [0, 0.05) is 5.56 Å². The molecule has 4 rings (SSSR count). The second kappa shape index (κ2) is 11.0. The monoisotopic (exact) mass is 404 g/mol. The van der Waals surface area contributed by atoms with Gasteiger partial charge in [0.2, 0.25) is 0 Å². The Morgan fingerprint density at radius 1 is 0.677 bits per heavy atom. The Balaban J connectivity index is 0.000000254. The van der Waals surface area contributed by atoms with Gasteiger partial charge in [0.25, 0.3) is 0 Å². The van der Waals surface area contributed by atoms with Gasteiger partial charge in [-0.3, -0.25) is 5.41 Å². The summed E-state index contributed by atoms with van der Waals surface area (Å²) in [5.74, 6) is 0.121. The first kappa shape index (κ1) is 22.1. The third-order valence-electron chi connectivity index (χ3n) is 5.15. The third-order valence-corrected chi connectivity index (χ3v) is 5.15. The minimum absolute atomic E-state index is 0.121. The lowest BCUT2D eigenvalue weighted by atomic mass is 9.49. The van der Waals surface area contributed by atoms with Gasteiger partial charge in [0.05, 0.1) is 0 Å². The molecule has 0 saturated heterocycles. The van der Waals surface area contributed by atoms with Gasteiger partial charge in [-0.05, 0) is 28.7 Å². The molecule has 4 aromatic carbocycles. The van der Waals surface area contributed by atoms with E-state index in [0.717, 1.165) is 12.0 Å². The predicted molar refractivity (Wildman–Crippen MR) is 136 cm³/mol. The first-order valence-electron chi connectivity index (χ1n) is 10.7. The Morgan fingerprint density at radius 2 is 1.23 bits per heavy atom. The Bertz CT molecular complexity index is 1110. The molecule has 0 amide bonds. The van der Waals surface area contributed by atoms with Gasteiger partial charge in [-0.15, -0.1) is 0 Å². The highest BCUT2D eigenvalue weighted by Crippen LogP contribution is 2.21. The molecular formula is C28H29BN2. The van der Waals surface area contributed by atoms with E-state index >= 15 is 0 Å². The molecule has 0 bridgehead atoms. The van der Waals surface area contributed by atoms with Crippen LogP contribution < -0.4 is 11.2 Å². The van der Waals surface area contributed by atoms with Crippen LogP contribution in [-0.4, -0.2) is 12.5 Å². The van der Waals surface area contributed by atoms with Crippen molar-refractivity contribution in [3.05, 3.63) is 126 Å². The Hall–Kier alpha value is -3.59. The lowest BCUT2D eigenvalue weighted by molar-refractivity contribution is 1.19. The van der Waals surface area contributed by atoms with Gasteiger partial charge in [0.1, 0.15) is 5.84 Å². The molecule has 0 aliphatic heterocycles. The van der Waals surface area contributed by atoms with E-state index in [1.807, 2.05) is 30.3 Å². The Labute approximate surface area is 186 Å². The fourth-order valence-corrected chi connectivity index (χ4v) is 3.39. The first-order valence-corrected chi connectivity index (χ1v) is 10.7. The zero-order valence-corrected chi connectivity index (χ0v) is 18.3. The average Bonchev–Trinajstić information content (AvgIpc) is 2.81. The van der Waals surface area contributed by atoms with Crippen molar-refractivity contribution in [3.8, 4) is 11.1 Å². The van der Waals surface area contributed by atoms with Gasteiger partial charge in [-0.1, -0.05) is 128 Å². The number of rotatable bonds is 5. The Morgan fingerprint density at radius 3 is 1.81 bits per heavy atom. The third kappa shape index (κ3) is 6.72. The van der Waals surface area contributed by atoms with Gasteiger partial charge in [-0.2, -0.15) is 0 Å². The highest BCUT2D eigenvalue weighted by Gasteiger charge is 2.05. The fraction of sp³-hybridized carbons (Fsp3) is 0.107. The van der Waals surface area contributed by atoms with E-state index in [4.69, 9.17) is 11.1 Å². The molecular weight excluding hydrogens is 375 g/mol. The van der Waals surface area contributed by atoms with Crippen LogP contribution in [0.15, 0.2) is 109 Å². The van der Waals surface area contributed by atoms with Crippen molar-refractivity contribution >= 4 is 18.0 Å². The number of hydrogen-bond acceptors (Lipinski definition) is 1. The minimum Gasteiger partial charge on any atom is -0.384 e. The number of nitrogens with two attached hydrogens (primary N) is 1. The van der Waals surface area contributed by atoms with Crippen LogP contribution in [0.1, 0.15) is 16.7 Å². The maximum absolute atomic E-state index is 7.01. The summed E-state index contributed by atoms with van der Waals surface area (Å²) in [6, 6.07) is 37.6. The quantitative estimate of drug-likeness (QED) is 0.244. The van der Waals surface area contributed by atoms with Crippen molar-refractivity contribution in [3.63, 3.8) is 0 Å². The molecule has 3 heteroatoms. The zero-order chi connectivity index (χ0) is 22.1. The van der Waals surface area contributed by atoms with Crippen LogP contribution >= 0.6 is 0 Å². The zero-order valence-electron chi connectivity index (χ0n) is 18.3. The van der Waals surface area contributed by atoms with E-state index in [0.29, 0.717) is 6.71 Å². The lowest BCUT2D eigenvalue weighted by Crippen LogP contribution is -2.22. The second-order valence-electron chi connectivity index (χ2n) is 7.92. The molecule has 0 spiro atoms. The van der Waals surface area contributed by atoms with Gasteiger partial charge >= 0.3 is 0 Å². The van der Waals surface area contributed by atoms with E-state index in [-0.39, 0.29) is 5.84 Å². The molecule has 0 atom stereocenters. The highest BCUT2D eigenvalue weighted by molar-refractivity contribution is 6.70. The molecule has 0 unspecified atom stereocenters. The van der Waals surface area contributed by atoms with Gasteiger partial charge in [-0.25, -0.2) is 0 Å². The topological polar surface area (TPSA) is 49.9 Å². The molecule has 2 nitrogen and oxygen atoms in total. The van der Waals surface area contributed by atoms with Crippen LogP contribution in [0.5, 0.6) is 0 Å². The number of benzene rings is 4. The predicted octanol–water partition coefficient (Wildman–Crippen LogP) is 5.88. The van der Waals surface area contributed by atoms with E-state index in [2.05, 4.69) is 92.5 Å². The van der Waals surface area contributed by atoms with Crippen LogP contribution in [0.3, 0.4) is 0 Å². The molecule has 0 saturated carbocycles. The normalized spacial score (nSPS) is 10.0. The van der Waals surface area contributed by atoms with Gasteiger partial charge < -0.3 is 5.73 Å². The van der Waals surface area contributed by atoms with Crippen LogP contribution in [0.4, 0.5) is 0 Å². The summed E-state index contributed by atoms with van der Waals surface area (Å²) in [7, 11) is 0. The smallest absolute Gasteiger partial charge is 0.169 e. The van der Waals surface area contributed by atoms with Crippen molar-refractivity contribution in [2.24, 2.45) is 5.73 Å². The fourth-order valence-electron chi connectivity index (χ4n) is 3.39. The molecule has 0 radical (unpaired) electrons. The van der Waals surface area contributed by atoms with Crippen molar-refractivity contribution < 1.29 is 0 Å². The standard InChI is InChI=1S/C21H21B.C7H8N2/c1-22(2)21-13-7-12-20(16-21)19-11-6-10-18(15-19)14-17-8-4-3-5-9-17;8-7(9)6-4-2-1-3-5-6/h3-13,15-16H,14H2,1-2H3;1-5H,(H3,8,9). The molecule has 31 heavy (non-hydrogen) atoms. The van der Waals surface area contributed by atoms with Crippen molar-refractivity contribution in [2.75, 3.05) is 0 Å². The van der Waals surface area contributed by atoms with Crippen LogP contribution in [0.2, 0.25) is 13.6 Å². The molecule has 0 aliphatic carbocycles. The molecule has 4 aromatic rings. The van der Waals surface area contributed by atoms with Crippen molar-refractivity contribution in [2.45, 2.75) is 20.1 Å². The average molecular weight is 404 g/mol. The SMILES string of the molecule is CB(C)c1cccc(-c2cccc(Cc3ccccc3)c2)c1.N=C(N)c1ccccc1. The lowest BCUT2D eigenvalue weighted by Gasteiger charge is -2.09. The molecule has 0 aromatic heterocycles. The van der Waals surface area contributed by atoms with E-state index < -0.39 is 0 Å². The van der Waals surface area contributed by atoms with Crippen LogP contribution in [0, 0.1) is 5.41 Å². The number of nitrogens with one attached hydrogen (secondary N) is 1. The Kier molecular flexibility index (Phi) is 7.83. The number of hydrogen-bond donors (Lipinski definition) is 2. The molecule has 0 heterocycles. The molecule has 154 valence electrons. The second-order valence-corrected chi connectivity index (χ2v) is 7.92. The maximum atomic E-state index is 7.01. The summed E-state index contributed by atoms with van der Waals surface area (Å²) in [5.41, 5.74) is 12.7. The van der Waals surface area contributed by atoms with E-state index in [1.54, 1.807) is 0 Å². The summed E-state index contributed by atoms with van der Waals surface area (Å²) >= 11 is 0. The van der Waals surface area contributed by atoms with E-state index in [1.165, 1.54) is 27.7 Å². The molecule has 3 N–H and O–H groups in total. The summed E-state index contributed by atoms with van der Waals surface area (Å²) in [4.78, 5) is 0. The van der Waals surface area contributed by atoms with E-state index in [9.17, 15) is 0 Å². The number of nitrogen functional groups attached to an aromatic ring is 1. The van der Waals surface area contributed by atoms with Gasteiger partial charge in [0.15, 0.2) is 6.71 Å². The largest absolute Gasteiger partial charge is 0.384 e. The summed E-state index contributed by atoms with van der Waals surface area (Å²) in [6.45, 7) is 5.04. The summed E-state index contributed by atoms with van der Waals surface area (Å²) < 4.78 is 0. The van der Waals surface area contributed by atoms with Crippen LogP contribution in [0.25, 0.3) is 11.1 Å². The first-order chi connectivity index (χ1) is 15.0. The maximum Gasteiger partial charge on any atom is 0.169 e. The van der Waals surface area contributed by atoms with Crippen molar-refractivity contribution in [1.82, 2.24) is 0 Å². The summed E-state index contributed by atoms with van der Waals surface area (Å²) in [5, 5.41) is 7.01. The summed E-state index contributed by atoms with van der Waals surface area (Å²) in [6.07, 6.45) is 0.985. The molecule has 0 aliphatic rings.